The highest BCUT2D eigenvalue weighted by Crippen LogP contribution is 2.13. The smallest absolute Gasteiger partial charge is 0.273 e. The fourth-order valence-electron chi connectivity index (χ4n) is 2.16. The molecule has 0 aliphatic rings. The van der Waals surface area contributed by atoms with Gasteiger partial charge in [0.1, 0.15) is 5.82 Å². The van der Waals surface area contributed by atoms with E-state index in [-0.39, 0.29) is 22.6 Å². The molecule has 0 saturated carbocycles. The molecule has 120 valence electrons. The van der Waals surface area contributed by atoms with Crippen molar-refractivity contribution >= 4 is 17.4 Å². The monoisotopic (exact) mass is 324 g/mol. The lowest BCUT2D eigenvalue weighted by atomic mass is 10.2. The van der Waals surface area contributed by atoms with Gasteiger partial charge in [-0.3, -0.25) is 24.8 Å². The quantitative estimate of drug-likeness (QED) is 0.567. The fourth-order valence-corrected chi connectivity index (χ4v) is 2.16. The topological polar surface area (TPSA) is 110 Å². The molecule has 0 bridgehead atoms. The van der Waals surface area contributed by atoms with Crippen molar-refractivity contribution in [1.29, 1.82) is 0 Å². The average Bonchev–Trinajstić information content (AvgIpc) is 2.96. The van der Waals surface area contributed by atoms with E-state index < -0.39 is 10.8 Å². The van der Waals surface area contributed by atoms with Gasteiger partial charge in [0.25, 0.3) is 17.2 Å². The van der Waals surface area contributed by atoms with Crippen LogP contribution < -0.4 is 10.9 Å². The predicted molar refractivity (Wildman–Crippen MR) is 87.4 cm³/mol. The number of rotatable bonds is 4. The summed E-state index contributed by atoms with van der Waals surface area (Å²) < 4.78 is 1.30. The first-order valence-corrected chi connectivity index (χ1v) is 6.98. The fraction of sp³-hybridized carbons (Fsp3) is 0. The van der Waals surface area contributed by atoms with Crippen molar-refractivity contribution in [3.63, 3.8) is 0 Å². The number of nitro benzene ring substituents is 1. The molecule has 0 saturated heterocycles. The number of carbonyl (C=O) groups excluding carboxylic acids is 1. The van der Waals surface area contributed by atoms with Gasteiger partial charge in [0.2, 0.25) is 0 Å². The Bertz CT molecular complexity index is 942. The number of hydrogen-bond donors (Lipinski definition) is 2. The molecule has 0 unspecified atom stereocenters. The number of aromatic amines is 1. The average molecular weight is 324 g/mol. The molecule has 3 aromatic rings. The molecule has 24 heavy (non-hydrogen) atoms. The third kappa shape index (κ3) is 3.07. The number of nitrogens with zero attached hydrogens (tertiary/aromatic N) is 2. The summed E-state index contributed by atoms with van der Waals surface area (Å²) in [7, 11) is 0. The molecule has 8 heteroatoms. The van der Waals surface area contributed by atoms with Crippen LogP contribution in [0.5, 0.6) is 0 Å². The zero-order valence-electron chi connectivity index (χ0n) is 12.3. The van der Waals surface area contributed by atoms with E-state index in [4.69, 9.17) is 0 Å². The van der Waals surface area contributed by atoms with Gasteiger partial charge >= 0.3 is 0 Å². The second-order valence-electron chi connectivity index (χ2n) is 4.94. The van der Waals surface area contributed by atoms with Crippen LogP contribution in [0.2, 0.25) is 0 Å². The van der Waals surface area contributed by atoms with Crippen molar-refractivity contribution in [2.24, 2.45) is 0 Å². The minimum atomic E-state index is -0.543. The second-order valence-corrected chi connectivity index (χ2v) is 4.94. The lowest BCUT2D eigenvalue weighted by Gasteiger charge is -2.04. The summed E-state index contributed by atoms with van der Waals surface area (Å²) in [6.45, 7) is 0. The third-order valence-electron chi connectivity index (χ3n) is 3.32. The number of anilines is 1. The Morgan fingerprint density at radius 1 is 1.08 bits per heavy atom. The Kier molecular flexibility index (Phi) is 3.94. The maximum atomic E-state index is 12.1. The van der Waals surface area contributed by atoms with Crippen LogP contribution in [-0.4, -0.2) is 20.6 Å². The number of para-hydroxylation sites is 1. The highest BCUT2D eigenvalue weighted by atomic mass is 16.6. The Balaban J connectivity index is 1.80. The van der Waals surface area contributed by atoms with Crippen molar-refractivity contribution in [2.75, 3.05) is 5.32 Å². The van der Waals surface area contributed by atoms with Crippen molar-refractivity contribution < 1.29 is 9.72 Å². The number of aromatic nitrogens is 2. The summed E-state index contributed by atoms with van der Waals surface area (Å²) in [6.07, 6.45) is 0. The zero-order valence-corrected chi connectivity index (χ0v) is 12.3. The van der Waals surface area contributed by atoms with Crippen LogP contribution in [0, 0.1) is 10.1 Å². The summed E-state index contributed by atoms with van der Waals surface area (Å²) >= 11 is 0. The molecular formula is C16H12N4O4. The molecule has 2 aromatic carbocycles. The first-order chi connectivity index (χ1) is 11.5. The summed E-state index contributed by atoms with van der Waals surface area (Å²) in [4.78, 5) is 34.2. The molecule has 0 aliphatic heterocycles. The van der Waals surface area contributed by atoms with E-state index in [0.717, 1.165) is 0 Å². The van der Waals surface area contributed by atoms with Crippen LogP contribution in [0.3, 0.4) is 0 Å². The summed E-state index contributed by atoms with van der Waals surface area (Å²) in [6, 6.07) is 15.3. The number of nitrogens with one attached hydrogen (secondary N) is 2. The van der Waals surface area contributed by atoms with Crippen molar-refractivity contribution in [3.8, 4) is 5.69 Å². The van der Waals surface area contributed by atoms with E-state index in [2.05, 4.69) is 10.4 Å². The van der Waals surface area contributed by atoms with Gasteiger partial charge in [0.15, 0.2) is 0 Å². The highest BCUT2D eigenvalue weighted by Gasteiger charge is 2.12. The van der Waals surface area contributed by atoms with Gasteiger partial charge in [-0.15, -0.1) is 0 Å². The van der Waals surface area contributed by atoms with Crippen molar-refractivity contribution in [2.45, 2.75) is 0 Å². The third-order valence-corrected chi connectivity index (χ3v) is 3.32. The van der Waals surface area contributed by atoms with E-state index in [9.17, 15) is 19.7 Å². The van der Waals surface area contributed by atoms with Crippen LogP contribution in [-0.2, 0) is 0 Å². The molecule has 0 spiro atoms. The minimum Gasteiger partial charge on any atom is -0.307 e. The molecule has 8 nitrogen and oxygen atoms in total. The normalized spacial score (nSPS) is 10.3. The van der Waals surface area contributed by atoms with Crippen molar-refractivity contribution in [3.05, 3.63) is 86.7 Å². The number of H-pyrrole nitrogens is 1. The molecule has 0 radical (unpaired) electrons. The van der Waals surface area contributed by atoms with Gasteiger partial charge in [-0.2, -0.15) is 0 Å². The number of nitro groups is 1. The van der Waals surface area contributed by atoms with Gasteiger partial charge < -0.3 is 5.32 Å². The van der Waals surface area contributed by atoms with E-state index in [1.165, 1.54) is 35.0 Å². The summed E-state index contributed by atoms with van der Waals surface area (Å²) in [5, 5.41) is 16.0. The summed E-state index contributed by atoms with van der Waals surface area (Å²) in [5.74, 6) is -0.251. The molecule has 0 atom stereocenters. The number of amides is 1. The van der Waals surface area contributed by atoms with E-state index in [1.54, 1.807) is 24.3 Å². The first kappa shape index (κ1) is 15.2. The zero-order chi connectivity index (χ0) is 17.1. The van der Waals surface area contributed by atoms with E-state index in [0.29, 0.717) is 5.69 Å². The number of non-ortho nitro benzene ring substituents is 1. The van der Waals surface area contributed by atoms with Crippen LogP contribution in [0.4, 0.5) is 11.5 Å². The minimum absolute atomic E-state index is 0.102. The molecule has 1 amide bonds. The molecule has 1 heterocycles. The first-order valence-electron chi connectivity index (χ1n) is 6.98. The number of benzene rings is 2. The maximum Gasteiger partial charge on any atom is 0.273 e. The SMILES string of the molecule is O=C(Nc1cc(=O)n(-c2ccccc2)[nH]1)c1ccc([N+](=O)[O-])cc1. The molecule has 0 fully saturated rings. The van der Waals surface area contributed by atoms with Gasteiger partial charge in [-0.1, -0.05) is 18.2 Å². The Hall–Kier alpha value is -3.68. The largest absolute Gasteiger partial charge is 0.307 e. The predicted octanol–water partition coefficient (Wildman–Crippen LogP) is 2.33. The molecule has 1 aromatic heterocycles. The van der Waals surface area contributed by atoms with Gasteiger partial charge in [-0.05, 0) is 24.3 Å². The molecule has 3 rings (SSSR count). The van der Waals surface area contributed by atoms with Crippen LogP contribution in [0.15, 0.2) is 65.5 Å². The van der Waals surface area contributed by atoms with Gasteiger partial charge in [0, 0.05) is 23.8 Å². The number of hydrogen-bond acceptors (Lipinski definition) is 4. The molecule has 2 N–H and O–H groups in total. The standard InChI is InChI=1S/C16H12N4O4/c21-15-10-14(18-19(15)12-4-2-1-3-5-12)17-16(22)11-6-8-13(9-7-11)20(23)24/h1-10,18H,(H,17,22). The lowest BCUT2D eigenvalue weighted by molar-refractivity contribution is -0.384. The summed E-state index contributed by atoms with van der Waals surface area (Å²) in [5.41, 5.74) is 0.461. The lowest BCUT2D eigenvalue weighted by Crippen LogP contribution is -2.13. The van der Waals surface area contributed by atoms with Gasteiger partial charge in [-0.25, -0.2) is 4.68 Å². The molecular weight excluding hydrogens is 312 g/mol. The second kappa shape index (κ2) is 6.21. The molecule has 0 aliphatic carbocycles. The van der Waals surface area contributed by atoms with E-state index >= 15 is 0 Å². The van der Waals surface area contributed by atoms with Crippen LogP contribution >= 0.6 is 0 Å². The van der Waals surface area contributed by atoms with E-state index in [1.807, 2.05) is 6.07 Å². The number of carbonyl (C=O) groups is 1. The highest BCUT2D eigenvalue weighted by molar-refractivity contribution is 6.03. The Morgan fingerprint density at radius 2 is 1.75 bits per heavy atom. The Morgan fingerprint density at radius 3 is 2.38 bits per heavy atom. The van der Waals surface area contributed by atoms with Crippen LogP contribution in [0.25, 0.3) is 5.69 Å². The van der Waals surface area contributed by atoms with Crippen LogP contribution in [0.1, 0.15) is 10.4 Å². The van der Waals surface area contributed by atoms with Crippen molar-refractivity contribution in [1.82, 2.24) is 9.78 Å². The maximum absolute atomic E-state index is 12.1. The Labute approximate surface area is 135 Å². The van der Waals surface area contributed by atoms with Gasteiger partial charge in [0.05, 0.1) is 10.6 Å².